The maximum atomic E-state index is 12.7. The van der Waals surface area contributed by atoms with E-state index in [1.54, 1.807) is 6.07 Å². The van der Waals surface area contributed by atoms with E-state index < -0.39 is 17.6 Å². The number of hydrogen-bond donors (Lipinski definition) is 1. The third kappa shape index (κ3) is 5.10. The van der Waals surface area contributed by atoms with Gasteiger partial charge in [0.15, 0.2) is 0 Å². The molecule has 1 aromatic heterocycles. The lowest BCUT2D eigenvalue weighted by Crippen LogP contribution is -2.15. The molecule has 27 heavy (non-hydrogen) atoms. The van der Waals surface area contributed by atoms with Crippen LogP contribution < -0.4 is 5.32 Å². The number of nitrogens with zero attached hydrogens (tertiary/aromatic N) is 2. The molecule has 0 saturated carbocycles. The maximum absolute atomic E-state index is 12.7. The summed E-state index contributed by atoms with van der Waals surface area (Å²) in [5.41, 5.74) is -0.0527. The first kappa shape index (κ1) is 19.4. The van der Waals surface area contributed by atoms with Crippen LogP contribution in [0.15, 0.2) is 62.6 Å². The van der Waals surface area contributed by atoms with Gasteiger partial charge in [-0.25, -0.2) is 0 Å². The summed E-state index contributed by atoms with van der Waals surface area (Å²) in [6.45, 7) is 0. The van der Waals surface area contributed by atoms with Crippen LogP contribution in [0.2, 0.25) is 0 Å². The Labute approximate surface area is 164 Å². The largest absolute Gasteiger partial charge is 0.416 e. The van der Waals surface area contributed by atoms with E-state index in [0.29, 0.717) is 11.5 Å². The fraction of sp³-hybridized carbons (Fsp3) is 0.118. The summed E-state index contributed by atoms with van der Waals surface area (Å²) in [5.74, 6) is -0.281. The molecule has 0 saturated heterocycles. The number of aromatic nitrogens is 2. The van der Waals surface area contributed by atoms with Crippen LogP contribution in [0.1, 0.15) is 5.56 Å². The fourth-order valence-electron chi connectivity index (χ4n) is 2.11. The number of alkyl halides is 3. The summed E-state index contributed by atoms with van der Waals surface area (Å²) >= 11 is 4.37. The highest BCUT2D eigenvalue weighted by molar-refractivity contribution is 9.10. The van der Waals surface area contributed by atoms with Gasteiger partial charge in [-0.15, -0.1) is 10.2 Å². The Morgan fingerprint density at radius 2 is 1.93 bits per heavy atom. The standard InChI is InChI=1S/C17H11BrF3N3O2S/c18-13-7-2-1-6-12(13)15-23-24-16(26-15)27-9-14(25)22-11-5-3-4-10(8-11)17(19,20)21/h1-8H,9H2,(H,22,25). The average molecular weight is 458 g/mol. The van der Waals surface area contributed by atoms with Crippen molar-refractivity contribution < 1.29 is 22.4 Å². The SMILES string of the molecule is O=C(CSc1nnc(-c2ccccc2Br)o1)Nc1cccc(C(F)(F)F)c1. The van der Waals surface area contributed by atoms with Gasteiger partial charge < -0.3 is 9.73 Å². The molecular formula is C17H11BrF3N3O2S. The Balaban J connectivity index is 1.60. The van der Waals surface area contributed by atoms with Gasteiger partial charge in [0, 0.05) is 10.2 Å². The number of amides is 1. The van der Waals surface area contributed by atoms with Crippen molar-refractivity contribution in [2.75, 3.05) is 11.1 Å². The van der Waals surface area contributed by atoms with Crippen LogP contribution in [-0.4, -0.2) is 21.9 Å². The lowest BCUT2D eigenvalue weighted by atomic mass is 10.2. The van der Waals surface area contributed by atoms with Crippen LogP contribution in [0.3, 0.4) is 0 Å². The van der Waals surface area contributed by atoms with E-state index in [0.717, 1.165) is 28.4 Å². The molecule has 5 nitrogen and oxygen atoms in total. The molecule has 0 bridgehead atoms. The first-order valence-electron chi connectivity index (χ1n) is 7.51. The lowest BCUT2D eigenvalue weighted by molar-refractivity contribution is -0.137. The molecule has 1 N–H and O–H groups in total. The summed E-state index contributed by atoms with van der Waals surface area (Å²) in [7, 11) is 0. The zero-order valence-electron chi connectivity index (χ0n) is 13.5. The van der Waals surface area contributed by atoms with Gasteiger partial charge in [-0.2, -0.15) is 13.2 Å². The molecule has 1 amide bonds. The quantitative estimate of drug-likeness (QED) is 0.530. The summed E-state index contributed by atoms with van der Waals surface area (Å²) < 4.78 is 44.4. The summed E-state index contributed by atoms with van der Waals surface area (Å²) in [4.78, 5) is 12.0. The highest BCUT2D eigenvalue weighted by Crippen LogP contribution is 2.31. The van der Waals surface area contributed by atoms with Crippen LogP contribution in [0.25, 0.3) is 11.5 Å². The molecule has 0 spiro atoms. The summed E-state index contributed by atoms with van der Waals surface area (Å²) in [6.07, 6.45) is -4.47. The Hall–Kier alpha value is -2.33. The smallest absolute Gasteiger partial charge is 0.411 e. The van der Waals surface area contributed by atoms with E-state index in [2.05, 4.69) is 31.4 Å². The van der Waals surface area contributed by atoms with Crippen molar-refractivity contribution in [2.45, 2.75) is 11.4 Å². The van der Waals surface area contributed by atoms with Crippen molar-refractivity contribution in [3.63, 3.8) is 0 Å². The Morgan fingerprint density at radius 1 is 1.15 bits per heavy atom. The van der Waals surface area contributed by atoms with Gasteiger partial charge in [-0.1, -0.05) is 30.0 Å². The minimum absolute atomic E-state index is 0.0647. The molecule has 3 aromatic rings. The minimum atomic E-state index is -4.47. The molecule has 3 rings (SSSR count). The van der Waals surface area contributed by atoms with Gasteiger partial charge in [-0.3, -0.25) is 4.79 Å². The van der Waals surface area contributed by atoms with Crippen molar-refractivity contribution in [3.05, 3.63) is 58.6 Å². The zero-order valence-corrected chi connectivity index (χ0v) is 15.9. The molecule has 0 aliphatic carbocycles. The van der Waals surface area contributed by atoms with Crippen LogP contribution in [0.4, 0.5) is 18.9 Å². The van der Waals surface area contributed by atoms with Crippen LogP contribution in [0.5, 0.6) is 0 Å². The number of carbonyl (C=O) groups excluding carboxylic acids is 1. The van der Waals surface area contributed by atoms with E-state index >= 15 is 0 Å². The Bertz CT molecular complexity index is 962. The van der Waals surface area contributed by atoms with Crippen LogP contribution in [-0.2, 0) is 11.0 Å². The predicted octanol–water partition coefficient (Wildman–Crippen LogP) is 5.25. The molecule has 0 aliphatic heterocycles. The molecule has 0 unspecified atom stereocenters. The second-order valence-electron chi connectivity index (χ2n) is 5.27. The summed E-state index contributed by atoms with van der Waals surface area (Å²) in [6, 6.07) is 11.7. The van der Waals surface area contributed by atoms with Gasteiger partial charge in [0.2, 0.25) is 11.8 Å². The molecule has 2 aromatic carbocycles. The van der Waals surface area contributed by atoms with Crippen molar-refractivity contribution in [3.8, 4) is 11.5 Å². The van der Waals surface area contributed by atoms with Gasteiger partial charge in [0.25, 0.3) is 5.22 Å². The molecule has 0 fully saturated rings. The molecule has 140 valence electrons. The topological polar surface area (TPSA) is 68.0 Å². The second kappa shape index (κ2) is 8.13. The van der Waals surface area contributed by atoms with Crippen LogP contribution >= 0.6 is 27.7 Å². The Morgan fingerprint density at radius 3 is 2.67 bits per heavy atom. The van der Waals surface area contributed by atoms with E-state index in [9.17, 15) is 18.0 Å². The molecule has 10 heteroatoms. The highest BCUT2D eigenvalue weighted by Gasteiger charge is 2.30. The first-order chi connectivity index (χ1) is 12.8. The number of carbonyl (C=O) groups is 1. The first-order valence-corrected chi connectivity index (χ1v) is 9.29. The molecular weight excluding hydrogens is 447 g/mol. The second-order valence-corrected chi connectivity index (χ2v) is 7.05. The number of halogens is 4. The third-order valence-electron chi connectivity index (χ3n) is 3.31. The number of nitrogens with one attached hydrogen (secondary N) is 1. The van der Waals surface area contributed by atoms with E-state index in [4.69, 9.17) is 4.42 Å². The van der Waals surface area contributed by atoms with E-state index in [-0.39, 0.29) is 16.7 Å². The van der Waals surface area contributed by atoms with Crippen molar-refractivity contribution in [1.82, 2.24) is 10.2 Å². The average Bonchev–Trinajstić information content (AvgIpc) is 3.09. The van der Waals surface area contributed by atoms with Gasteiger partial charge in [0.1, 0.15) is 0 Å². The fourth-order valence-corrected chi connectivity index (χ4v) is 3.13. The highest BCUT2D eigenvalue weighted by atomic mass is 79.9. The molecule has 0 aliphatic rings. The van der Waals surface area contributed by atoms with Crippen molar-refractivity contribution >= 4 is 39.3 Å². The van der Waals surface area contributed by atoms with Gasteiger partial charge in [0.05, 0.1) is 16.9 Å². The summed E-state index contributed by atoms with van der Waals surface area (Å²) in [5, 5.41) is 10.4. The number of hydrogen-bond acceptors (Lipinski definition) is 5. The Kier molecular flexibility index (Phi) is 5.85. The van der Waals surface area contributed by atoms with Crippen LogP contribution in [0, 0.1) is 0 Å². The van der Waals surface area contributed by atoms with E-state index in [1.807, 2.05) is 18.2 Å². The normalized spacial score (nSPS) is 11.4. The van der Waals surface area contributed by atoms with E-state index in [1.165, 1.54) is 12.1 Å². The van der Waals surface area contributed by atoms with Gasteiger partial charge >= 0.3 is 6.18 Å². The number of anilines is 1. The minimum Gasteiger partial charge on any atom is -0.411 e. The molecule has 0 atom stereocenters. The zero-order chi connectivity index (χ0) is 19.4. The van der Waals surface area contributed by atoms with Crippen molar-refractivity contribution in [2.24, 2.45) is 0 Å². The monoisotopic (exact) mass is 457 g/mol. The number of thioether (sulfide) groups is 1. The molecule has 0 radical (unpaired) electrons. The number of rotatable bonds is 5. The van der Waals surface area contributed by atoms with Gasteiger partial charge in [-0.05, 0) is 46.3 Å². The molecule has 1 heterocycles. The third-order valence-corrected chi connectivity index (χ3v) is 4.82. The van der Waals surface area contributed by atoms with Crippen molar-refractivity contribution in [1.29, 1.82) is 0 Å². The predicted molar refractivity (Wildman–Crippen MR) is 98.2 cm³/mol. The maximum Gasteiger partial charge on any atom is 0.416 e. The lowest BCUT2D eigenvalue weighted by Gasteiger charge is -2.09. The number of benzene rings is 2.